The lowest BCUT2D eigenvalue weighted by atomic mass is 10.1. The summed E-state index contributed by atoms with van der Waals surface area (Å²) in [5.41, 5.74) is 9.21. The van der Waals surface area contributed by atoms with Gasteiger partial charge in [-0.05, 0) is 36.1 Å². The van der Waals surface area contributed by atoms with Gasteiger partial charge in [-0.1, -0.05) is 6.07 Å². The number of fused-ring (bicyclic) bond motifs is 1. The minimum atomic E-state index is -0.00602. The molecule has 0 bridgehead atoms. The third kappa shape index (κ3) is 2.77. The van der Waals surface area contributed by atoms with Gasteiger partial charge in [0, 0.05) is 18.8 Å². The Morgan fingerprint density at radius 3 is 3.12 bits per heavy atom. The van der Waals surface area contributed by atoms with Crippen LogP contribution in [0, 0.1) is 0 Å². The Bertz CT molecular complexity index is 382. The molecule has 2 rings (SSSR count). The number of aliphatic hydroxyl groups is 1. The normalized spacial score (nSPS) is 20.2. The Hall–Kier alpha value is -1.10. The zero-order valence-electron chi connectivity index (χ0n) is 10.1. The van der Waals surface area contributed by atoms with Crippen molar-refractivity contribution in [1.82, 2.24) is 5.32 Å². The molecule has 1 aromatic rings. The van der Waals surface area contributed by atoms with E-state index in [1.54, 1.807) is 7.11 Å². The number of aliphatic hydroxyl groups excluding tert-OH is 1. The van der Waals surface area contributed by atoms with Gasteiger partial charge in [0.25, 0.3) is 0 Å². The van der Waals surface area contributed by atoms with Crippen LogP contribution in [0.25, 0.3) is 0 Å². The van der Waals surface area contributed by atoms with Gasteiger partial charge >= 0.3 is 0 Å². The Morgan fingerprint density at radius 1 is 1.59 bits per heavy atom. The summed E-state index contributed by atoms with van der Waals surface area (Å²) < 4.78 is 5.07. The van der Waals surface area contributed by atoms with E-state index >= 15 is 0 Å². The Labute approximate surface area is 102 Å². The molecule has 0 aliphatic heterocycles. The smallest absolute Gasteiger partial charge is 0.0638 e. The molecule has 94 valence electrons. The number of nitrogens with one attached hydrogen (secondary N) is 1. The monoisotopic (exact) mass is 236 g/mol. The zero-order chi connectivity index (χ0) is 12.3. The van der Waals surface area contributed by atoms with Gasteiger partial charge in [-0.3, -0.25) is 0 Å². The third-order valence-electron chi connectivity index (χ3n) is 3.27. The number of benzene rings is 1. The molecule has 1 aliphatic carbocycles. The van der Waals surface area contributed by atoms with Gasteiger partial charge in [-0.15, -0.1) is 0 Å². The molecule has 0 spiro atoms. The summed E-state index contributed by atoms with van der Waals surface area (Å²) in [6.45, 7) is 0.617. The van der Waals surface area contributed by atoms with Crippen LogP contribution in [-0.2, 0) is 11.2 Å². The highest BCUT2D eigenvalue weighted by Gasteiger charge is 2.24. The van der Waals surface area contributed by atoms with Crippen molar-refractivity contribution in [2.75, 3.05) is 26.1 Å². The van der Waals surface area contributed by atoms with Crippen LogP contribution < -0.4 is 11.1 Å². The van der Waals surface area contributed by atoms with E-state index in [1.165, 1.54) is 11.1 Å². The fourth-order valence-electron chi connectivity index (χ4n) is 2.45. The lowest BCUT2D eigenvalue weighted by Gasteiger charge is -2.21. The fraction of sp³-hybridized carbons (Fsp3) is 0.538. The summed E-state index contributed by atoms with van der Waals surface area (Å²) in [5, 5.41) is 12.7. The van der Waals surface area contributed by atoms with Gasteiger partial charge in [0.15, 0.2) is 0 Å². The number of hydrogen-bond acceptors (Lipinski definition) is 4. The van der Waals surface area contributed by atoms with E-state index in [-0.39, 0.29) is 12.6 Å². The predicted molar refractivity (Wildman–Crippen MR) is 67.8 cm³/mol. The maximum atomic E-state index is 9.25. The molecule has 0 amide bonds. The van der Waals surface area contributed by atoms with Crippen LogP contribution in [0.1, 0.15) is 23.6 Å². The van der Waals surface area contributed by atoms with Crippen LogP contribution in [0.5, 0.6) is 0 Å². The molecule has 0 fully saturated rings. The van der Waals surface area contributed by atoms with Crippen molar-refractivity contribution < 1.29 is 9.84 Å². The van der Waals surface area contributed by atoms with Crippen LogP contribution in [0.15, 0.2) is 18.2 Å². The number of anilines is 1. The number of methoxy groups -OCH3 is 1. The van der Waals surface area contributed by atoms with E-state index < -0.39 is 0 Å². The first kappa shape index (κ1) is 12.4. The Kier molecular flexibility index (Phi) is 3.99. The predicted octanol–water partition coefficient (Wildman–Crippen LogP) is 0.853. The summed E-state index contributed by atoms with van der Waals surface area (Å²) in [7, 11) is 1.65. The lowest BCUT2D eigenvalue weighted by Crippen LogP contribution is -2.38. The van der Waals surface area contributed by atoms with Crippen LogP contribution in [0.3, 0.4) is 0 Å². The van der Waals surface area contributed by atoms with Gasteiger partial charge in [0.2, 0.25) is 0 Å². The highest BCUT2D eigenvalue weighted by atomic mass is 16.5. The first-order chi connectivity index (χ1) is 8.24. The number of nitrogens with two attached hydrogens (primary N) is 1. The molecule has 4 heteroatoms. The van der Waals surface area contributed by atoms with Crippen molar-refractivity contribution in [1.29, 1.82) is 0 Å². The molecule has 0 aromatic heterocycles. The number of hydrogen-bond donors (Lipinski definition) is 3. The summed E-state index contributed by atoms with van der Waals surface area (Å²) in [6.07, 6.45) is 2.10. The average molecular weight is 236 g/mol. The molecular weight excluding hydrogens is 216 g/mol. The van der Waals surface area contributed by atoms with Crippen LogP contribution in [-0.4, -0.2) is 31.5 Å². The van der Waals surface area contributed by atoms with Crippen molar-refractivity contribution in [3.63, 3.8) is 0 Å². The fourth-order valence-corrected chi connectivity index (χ4v) is 2.45. The topological polar surface area (TPSA) is 67.5 Å². The van der Waals surface area contributed by atoms with E-state index in [2.05, 4.69) is 11.4 Å². The number of nitrogen functional groups attached to an aromatic ring is 1. The standard InChI is InChI=1S/C13H20N2O2/c1-17-8-11(7-16)15-13-5-2-9-6-10(14)3-4-12(9)13/h3-4,6,11,13,15-16H,2,5,7-8,14H2,1H3. The van der Waals surface area contributed by atoms with Gasteiger partial charge in [-0.2, -0.15) is 0 Å². The first-order valence-electron chi connectivity index (χ1n) is 5.98. The second kappa shape index (κ2) is 5.49. The molecule has 4 N–H and O–H groups in total. The highest BCUT2D eigenvalue weighted by molar-refractivity contribution is 5.47. The van der Waals surface area contributed by atoms with Crippen molar-refractivity contribution in [3.8, 4) is 0 Å². The van der Waals surface area contributed by atoms with Crippen LogP contribution in [0.2, 0.25) is 0 Å². The average Bonchev–Trinajstić information content (AvgIpc) is 2.71. The largest absolute Gasteiger partial charge is 0.399 e. The summed E-state index contributed by atoms with van der Waals surface area (Å²) in [4.78, 5) is 0. The molecule has 0 saturated heterocycles. The quantitative estimate of drug-likeness (QED) is 0.663. The second-order valence-electron chi connectivity index (χ2n) is 4.55. The minimum absolute atomic E-state index is 0.00602. The van der Waals surface area contributed by atoms with Gasteiger partial charge in [-0.25, -0.2) is 0 Å². The van der Waals surface area contributed by atoms with Gasteiger partial charge in [0.1, 0.15) is 0 Å². The van der Waals surface area contributed by atoms with Gasteiger partial charge in [0.05, 0.1) is 19.3 Å². The van der Waals surface area contributed by atoms with Crippen LogP contribution >= 0.6 is 0 Å². The Balaban J connectivity index is 2.06. The third-order valence-corrected chi connectivity index (χ3v) is 3.27. The second-order valence-corrected chi connectivity index (χ2v) is 4.55. The zero-order valence-corrected chi connectivity index (χ0v) is 10.1. The molecule has 2 atom stereocenters. The summed E-state index contributed by atoms with van der Waals surface area (Å²) >= 11 is 0. The first-order valence-corrected chi connectivity index (χ1v) is 5.98. The summed E-state index contributed by atoms with van der Waals surface area (Å²) in [6, 6.07) is 6.35. The Morgan fingerprint density at radius 2 is 2.41 bits per heavy atom. The van der Waals surface area contributed by atoms with E-state index in [0.717, 1.165) is 18.5 Å². The molecule has 0 radical (unpaired) electrons. The molecule has 4 nitrogen and oxygen atoms in total. The van der Waals surface area contributed by atoms with Crippen molar-refractivity contribution in [3.05, 3.63) is 29.3 Å². The highest BCUT2D eigenvalue weighted by Crippen LogP contribution is 2.32. The van der Waals surface area contributed by atoms with E-state index in [1.807, 2.05) is 12.1 Å². The molecule has 0 heterocycles. The van der Waals surface area contributed by atoms with Gasteiger partial charge < -0.3 is 20.9 Å². The summed E-state index contributed by atoms with van der Waals surface area (Å²) in [5.74, 6) is 0. The van der Waals surface area contributed by atoms with Crippen molar-refractivity contribution in [2.24, 2.45) is 0 Å². The van der Waals surface area contributed by atoms with E-state index in [4.69, 9.17) is 10.5 Å². The number of aryl methyl sites for hydroxylation is 1. The van der Waals surface area contributed by atoms with Crippen molar-refractivity contribution >= 4 is 5.69 Å². The lowest BCUT2D eigenvalue weighted by molar-refractivity contribution is 0.122. The molecule has 17 heavy (non-hydrogen) atoms. The minimum Gasteiger partial charge on any atom is -0.399 e. The number of ether oxygens (including phenoxy) is 1. The molecule has 1 aliphatic rings. The molecule has 2 unspecified atom stereocenters. The van der Waals surface area contributed by atoms with E-state index in [9.17, 15) is 5.11 Å². The van der Waals surface area contributed by atoms with E-state index in [0.29, 0.717) is 12.6 Å². The molecule has 1 aromatic carbocycles. The number of rotatable bonds is 5. The maximum absolute atomic E-state index is 9.25. The molecule has 0 saturated carbocycles. The molecular formula is C13H20N2O2. The van der Waals surface area contributed by atoms with Crippen molar-refractivity contribution in [2.45, 2.75) is 24.9 Å². The SMILES string of the molecule is COCC(CO)NC1CCc2cc(N)ccc21. The maximum Gasteiger partial charge on any atom is 0.0638 e. The van der Waals surface area contributed by atoms with Crippen LogP contribution in [0.4, 0.5) is 5.69 Å².